The van der Waals surface area contributed by atoms with E-state index >= 15 is 0 Å². The van der Waals surface area contributed by atoms with E-state index in [0.29, 0.717) is 19.3 Å². The van der Waals surface area contributed by atoms with Gasteiger partial charge in [0.2, 0.25) is 0 Å². The van der Waals surface area contributed by atoms with Crippen LogP contribution in [-0.2, 0) is 28.6 Å². The van der Waals surface area contributed by atoms with Crippen molar-refractivity contribution < 1.29 is 28.6 Å². The van der Waals surface area contributed by atoms with Crippen LogP contribution < -0.4 is 0 Å². The minimum absolute atomic E-state index is 0.0722. The van der Waals surface area contributed by atoms with Crippen molar-refractivity contribution in [3.05, 3.63) is 24.3 Å². The minimum Gasteiger partial charge on any atom is -0.462 e. The van der Waals surface area contributed by atoms with E-state index < -0.39 is 6.10 Å². The molecule has 1 atom stereocenters. The Morgan fingerprint density at radius 2 is 0.541 bits per heavy atom. The first kappa shape index (κ1) is 58.9. The molecule has 0 bridgehead atoms. The highest BCUT2D eigenvalue weighted by Crippen LogP contribution is 2.15. The molecule has 1 unspecified atom stereocenters. The number of rotatable bonds is 49. The number of esters is 3. The zero-order valence-corrected chi connectivity index (χ0v) is 40.9. The van der Waals surface area contributed by atoms with Crippen molar-refractivity contribution in [2.75, 3.05) is 13.2 Å². The lowest BCUT2D eigenvalue weighted by molar-refractivity contribution is -0.167. The fourth-order valence-electron chi connectivity index (χ4n) is 7.84. The van der Waals surface area contributed by atoms with Crippen LogP contribution in [0.3, 0.4) is 0 Å². The fraction of sp³-hybridized carbons (Fsp3) is 0.873. The third kappa shape index (κ3) is 48.8. The molecule has 0 aliphatic carbocycles. The summed E-state index contributed by atoms with van der Waals surface area (Å²) in [7, 11) is 0. The van der Waals surface area contributed by atoms with Crippen molar-refractivity contribution >= 4 is 17.9 Å². The normalized spacial score (nSPS) is 12.1. The lowest BCUT2D eigenvalue weighted by Gasteiger charge is -2.18. The summed E-state index contributed by atoms with van der Waals surface area (Å²) in [6.07, 6.45) is 57.5. The molecule has 0 aromatic carbocycles. The summed E-state index contributed by atoms with van der Waals surface area (Å²) in [6, 6.07) is 0. The van der Waals surface area contributed by atoms with Gasteiger partial charge in [0.25, 0.3) is 0 Å². The van der Waals surface area contributed by atoms with Gasteiger partial charge in [-0.1, -0.05) is 225 Å². The van der Waals surface area contributed by atoms with Gasteiger partial charge in [-0.15, -0.1) is 0 Å². The summed E-state index contributed by atoms with van der Waals surface area (Å²) in [4.78, 5) is 37.9. The maximum atomic E-state index is 12.8. The largest absolute Gasteiger partial charge is 0.462 e. The number of ether oxygens (including phenoxy) is 3. The SMILES string of the molecule is CCCCCCC/C=C\CCCCCCCC(=O)OC(COC(=O)CCCCCCCCCC)COC(=O)CCCCCCCCCCC/C=C\CCCCCCCCCC. The average molecular weight is 859 g/mol. The fourth-order valence-corrected chi connectivity index (χ4v) is 7.84. The first-order valence-corrected chi connectivity index (χ1v) is 26.8. The van der Waals surface area contributed by atoms with Gasteiger partial charge in [-0.3, -0.25) is 14.4 Å². The molecular weight excluding hydrogens is 757 g/mol. The van der Waals surface area contributed by atoms with Gasteiger partial charge in [-0.25, -0.2) is 0 Å². The highest BCUT2D eigenvalue weighted by molar-refractivity contribution is 5.71. The van der Waals surface area contributed by atoms with Crippen LogP contribution in [-0.4, -0.2) is 37.2 Å². The number of carbonyl (C=O) groups is 3. The van der Waals surface area contributed by atoms with E-state index in [-0.39, 0.29) is 31.1 Å². The first-order chi connectivity index (χ1) is 30.0. The quantitative estimate of drug-likeness (QED) is 0.0262. The molecule has 0 aromatic heterocycles. The Morgan fingerprint density at radius 1 is 0.311 bits per heavy atom. The van der Waals surface area contributed by atoms with Crippen LogP contribution in [0.25, 0.3) is 0 Å². The lowest BCUT2D eigenvalue weighted by atomic mass is 10.1. The molecule has 0 fully saturated rings. The summed E-state index contributed by atoms with van der Waals surface area (Å²) in [5.74, 6) is -0.875. The van der Waals surface area contributed by atoms with Crippen molar-refractivity contribution in [3.8, 4) is 0 Å². The predicted octanol–water partition coefficient (Wildman–Crippen LogP) is 17.5. The Hall–Kier alpha value is -2.11. The van der Waals surface area contributed by atoms with E-state index in [9.17, 15) is 14.4 Å². The second-order valence-electron chi connectivity index (χ2n) is 18.1. The van der Waals surface area contributed by atoms with Crippen molar-refractivity contribution in [1.82, 2.24) is 0 Å². The van der Waals surface area contributed by atoms with Crippen LogP contribution in [0.5, 0.6) is 0 Å². The molecule has 0 rings (SSSR count). The van der Waals surface area contributed by atoms with Crippen LogP contribution in [0, 0.1) is 0 Å². The summed E-state index contributed by atoms with van der Waals surface area (Å²) < 4.78 is 16.8. The standard InChI is InChI=1S/C55H102O6/c1-4-7-10-13-16-19-21-23-25-26-27-28-29-30-31-33-34-36-39-42-45-48-54(57)60-51-52(50-59-53(56)47-44-41-38-18-15-12-9-6-3)61-55(58)49-46-43-40-37-35-32-24-22-20-17-14-11-8-5-2/h22,24,26-27,52H,4-21,23,25,28-51H2,1-3H3/b24-22-,27-26-. The van der Waals surface area contributed by atoms with Gasteiger partial charge in [0, 0.05) is 19.3 Å². The Morgan fingerprint density at radius 3 is 0.820 bits per heavy atom. The topological polar surface area (TPSA) is 78.9 Å². The van der Waals surface area contributed by atoms with E-state index in [1.54, 1.807) is 0 Å². The van der Waals surface area contributed by atoms with Crippen molar-refractivity contribution in [2.45, 2.75) is 297 Å². The van der Waals surface area contributed by atoms with Gasteiger partial charge >= 0.3 is 17.9 Å². The number of carbonyl (C=O) groups excluding carboxylic acids is 3. The second-order valence-corrected chi connectivity index (χ2v) is 18.1. The molecule has 0 saturated heterocycles. The van der Waals surface area contributed by atoms with Crippen LogP contribution in [0.4, 0.5) is 0 Å². The van der Waals surface area contributed by atoms with Gasteiger partial charge in [0.15, 0.2) is 6.10 Å². The Kier molecular flexibility index (Phi) is 48.8. The maximum Gasteiger partial charge on any atom is 0.306 e. The molecule has 0 aliphatic heterocycles. The van der Waals surface area contributed by atoms with Crippen LogP contribution in [0.15, 0.2) is 24.3 Å². The Labute approximate surface area is 379 Å². The highest BCUT2D eigenvalue weighted by Gasteiger charge is 2.19. The van der Waals surface area contributed by atoms with Crippen LogP contribution >= 0.6 is 0 Å². The van der Waals surface area contributed by atoms with Crippen molar-refractivity contribution in [3.63, 3.8) is 0 Å². The molecule has 0 aliphatic rings. The average Bonchev–Trinajstić information content (AvgIpc) is 3.26. The van der Waals surface area contributed by atoms with E-state index in [0.717, 1.165) is 64.2 Å². The number of hydrogen-bond donors (Lipinski definition) is 0. The van der Waals surface area contributed by atoms with E-state index in [4.69, 9.17) is 14.2 Å². The van der Waals surface area contributed by atoms with Gasteiger partial charge in [0.05, 0.1) is 0 Å². The molecule has 0 spiro atoms. The maximum absolute atomic E-state index is 12.8. The van der Waals surface area contributed by atoms with Crippen LogP contribution in [0.1, 0.15) is 290 Å². The number of hydrogen-bond acceptors (Lipinski definition) is 6. The van der Waals surface area contributed by atoms with E-state index in [1.165, 1.54) is 186 Å². The molecule has 358 valence electrons. The smallest absolute Gasteiger partial charge is 0.306 e. The van der Waals surface area contributed by atoms with Crippen molar-refractivity contribution in [1.29, 1.82) is 0 Å². The van der Waals surface area contributed by atoms with Crippen LogP contribution in [0.2, 0.25) is 0 Å². The molecule has 0 radical (unpaired) electrons. The lowest BCUT2D eigenvalue weighted by Crippen LogP contribution is -2.30. The van der Waals surface area contributed by atoms with E-state index in [2.05, 4.69) is 45.1 Å². The third-order valence-corrected chi connectivity index (χ3v) is 11.9. The zero-order chi connectivity index (χ0) is 44.4. The molecule has 0 aromatic rings. The number of allylic oxidation sites excluding steroid dienone is 4. The van der Waals surface area contributed by atoms with Gasteiger partial charge in [-0.05, 0) is 70.6 Å². The minimum atomic E-state index is -0.770. The summed E-state index contributed by atoms with van der Waals surface area (Å²) in [5.41, 5.74) is 0. The Balaban J connectivity index is 4.21. The van der Waals surface area contributed by atoms with Gasteiger partial charge in [0.1, 0.15) is 13.2 Å². The molecule has 0 N–H and O–H groups in total. The molecule has 0 amide bonds. The molecule has 0 heterocycles. The first-order valence-electron chi connectivity index (χ1n) is 26.8. The third-order valence-electron chi connectivity index (χ3n) is 11.9. The summed E-state index contributed by atoms with van der Waals surface area (Å²) in [5, 5.41) is 0. The summed E-state index contributed by atoms with van der Waals surface area (Å²) >= 11 is 0. The molecule has 61 heavy (non-hydrogen) atoms. The molecule has 6 nitrogen and oxygen atoms in total. The van der Waals surface area contributed by atoms with Crippen molar-refractivity contribution in [2.24, 2.45) is 0 Å². The number of unbranched alkanes of at least 4 members (excludes halogenated alkanes) is 34. The summed E-state index contributed by atoms with van der Waals surface area (Å²) in [6.45, 7) is 6.62. The van der Waals surface area contributed by atoms with E-state index in [1.807, 2.05) is 0 Å². The monoisotopic (exact) mass is 859 g/mol. The second kappa shape index (κ2) is 50.5. The molecule has 0 saturated carbocycles. The van der Waals surface area contributed by atoms with Gasteiger partial charge in [-0.2, -0.15) is 0 Å². The molecule has 6 heteroatoms. The highest BCUT2D eigenvalue weighted by atomic mass is 16.6. The molecular formula is C55H102O6. The van der Waals surface area contributed by atoms with Gasteiger partial charge < -0.3 is 14.2 Å². The zero-order valence-electron chi connectivity index (χ0n) is 40.9. The Bertz CT molecular complexity index is 989. The predicted molar refractivity (Wildman–Crippen MR) is 261 cm³/mol.